The van der Waals surface area contributed by atoms with Gasteiger partial charge in [-0.25, -0.2) is 12.7 Å². The lowest BCUT2D eigenvalue weighted by atomic mass is 9.98. The molecule has 132 valence electrons. The lowest BCUT2D eigenvalue weighted by Crippen LogP contribution is -2.43. The first kappa shape index (κ1) is 18.1. The van der Waals surface area contributed by atoms with Crippen molar-refractivity contribution >= 4 is 27.3 Å². The molecule has 24 heavy (non-hydrogen) atoms. The van der Waals surface area contributed by atoms with Crippen LogP contribution in [0.1, 0.15) is 12.8 Å². The molecule has 1 aliphatic rings. The van der Waals surface area contributed by atoms with E-state index in [1.807, 2.05) is 0 Å². The fraction of sp³-hybridized carbons (Fsp3) is 0.500. The molecule has 1 aromatic rings. The van der Waals surface area contributed by atoms with Crippen molar-refractivity contribution in [2.45, 2.75) is 12.8 Å². The number of non-ortho nitro benzene ring substituents is 1. The van der Waals surface area contributed by atoms with Crippen LogP contribution in [0.3, 0.4) is 0 Å². The van der Waals surface area contributed by atoms with Crippen LogP contribution in [0.5, 0.6) is 5.75 Å². The Balaban J connectivity index is 2.14. The average molecular weight is 357 g/mol. The summed E-state index contributed by atoms with van der Waals surface area (Å²) in [5.41, 5.74) is 0.0357. The lowest BCUT2D eigenvalue weighted by molar-refractivity contribution is -0.384. The number of nitrogens with one attached hydrogen (secondary N) is 1. The molecule has 1 N–H and O–H groups in total. The van der Waals surface area contributed by atoms with Crippen LogP contribution < -0.4 is 10.1 Å². The van der Waals surface area contributed by atoms with Gasteiger partial charge < -0.3 is 10.1 Å². The van der Waals surface area contributed by atoms with Gasteiger partial charge in [-0.1, -0.05) is 0 Å². The molecule has 1 saturated heterocycles. The minimum Gasteiger partial charge on any atom is -0.496 e. The van der Waals surface area contributed by atoms with E-state index in [0.717, 1.165) is 6.26 Å². The molecule has 0 unspecified atom stereocenters. The quantitative estimate of drug-likeness (QED) is 0.625. The van der Waals surface area contributed by atoms with E-state index in [9.17, 15) is 23.3 Å². The van der Waals surface area contributed by atoms with Crippen molar-refractivity contribution in [3.05, 3.63) is 28.3 Å². The summed E-state index contributed by atoms with van der Waals surface area (Å²) in [5.74, 6) is -0.620. The number of anilines is 1. The maximum Gasteiger partial charge on any atom is 0.275 e. The third-order valence-corrected chi connectivity index (χ3v) is 5.10. The normalized spacial score (nSPS) is 18.8. The molecule has 0 spiro atoms. The number of nitrogens with zero attached hydrogens (tertiary/aromatic N) is 2. The predicted octanol–water partition coefficient (Wildman–Crippen LogP) is 1.21. The predicted molar refractivity (Wildman–Crippen MR) is 87.4 cm³/mol. The molecule has 2 rings (SSSR count). The minimum absolute atomic E-state index is 0.108. The monoisotopic (exact) mass is 357 g/mol. The number of ether oxygens (including phenoxy) is 1. The number of carbonyl (C=O) groups excluding carboxylic acids is 1. The van der Waals surface area contributed by atoms with Gasteiger partial charge in [0.15, 0.2) is 0 Å². The number of carbonyl (C=O) groups is 1. The standard InChI is InChI=1S/C14H19N3O6S/c1-23-13-7-11(6-12(8-13)17(19)20)15-14(18)10-4-3-5-16(9-10)24(2,21)22/h6-8,10H,3-5,9H2,1-2H3,(H,15,18)/t10-/m1/s1. The molecule has 9 nitrogen and oxygen atoms in total. The topological polar surface area (TPSA) is 119 Å². The number of nitro benzene ring substituents is 1. The smallest absolute Gasteiger partial charge is 0.275 e. The third kappa shape index (κ3) is 4.42. The van der Waals surface area contributed by atoms with Crippen molar-refractivity contribution in [1.29, 1.82) is 0 Å². The number of methoxy groups -OCH3 is 1. The molecule has 0 aromatic heterocycles. The summed E-state index contributed by atoms with van der Waals surface area (Å²) >= 11 is 0. The van der Waals surface area contributed by atoms with Gasteiger partial charge in [-0.05, 0) is 12.8 Å². The van der Waals surface area contributed by atoms with Crippen LogP contribution in [-0.4, -0.2) is 50.0 Å². The van der Waals surface area contributed by atoms with E-state index in [4.69, 9.17) is 4.74 Å². The number of rotatable bonds is 5. The number of nitro groups is 1. The summed E-state index contributed by atoms with van der Waals surface area (Å²) in [6.45, 7) is 0.504. The average Bonchev–Trinajstić information content (AvgIpc) is 2.53. The van der Waals surface area contributed by atoms with Crippen molar-refractivity contribution in [2.75, 3.05) is 31.8 Å². The molecule has 10 heteroatoms. The first-order chi connectivity index (χ1) is 11.2. The van der Waals surface area contributed by atoms with E-state index in [-0.39, 0.29) is 29.6 Å². The summed E-state index contributed by atoms with van der Waals surface area (Å²) < 4.78 is 29.5. The van der Waals surface area contributed by atoms with Crippen molar-refractivity contribution in [3.8, 4) is 5.75 Å². The van der Waals surface area contributed by atoms with Crippen molar-refractivity contribution in [3.63, 3.8) is 0 Å². The van der Waals surface area contributed by atoms with Crippen molar-refractivity contribution in [1.82, 2.24) is 4.31 Å². The molecule has 1 heterocycles. The molecule has 1 atom stereocenters. The molecule has 0 bridgehead atoms. The summed E-state index contributed by atoms with van der Waals surface area (Å²) in [6.07, 6.45) is 2.26. The van der Waals surface area contributed by atoms with E-state index in [1.54, 1.807) is 0 Å². The van der Waals surface area contributed by atoms with E-state index in [1.165, 1.54) is 29.6 Å². The Bertz CT molecular complexity index is 749. The van der Waals surface area contributed by atoms with Gasteiger partial charge in [-0.15, -0.1) is 0 Å². The summed E-state index contributed by atoms with van der Waals surface area (Å²) in [7, 11) is -1.98. The number of sulfonamides is 1. The van der Waals surface area contributed by atoms with E-state index in [0.29, 0.717) is 19.4 Å². The van der Waals surface area contributed by atoms with E-state index in [2.05, 4.69) is 5.32 Å². The number of piperidine rings is 1. The second-order valence-electron chi connectivity index (χ2n) is 5.63. The molecule has 1 aliphatic heterocycles. The molecule has 1 aromatic carbocycles. The Morgan fingerprint density at radius 2 is 2.12 bits per heavy atom. The van der Waals surface area contributed by atoms with Gasteiger partial charge in [0.2, 0.25) is 15.9 Å². The highest BCUT2D eigenvalue weighted by atomic mass is 32.2. The van der Waals surface area contributed by atoms with Gasteiger partial charge in [0.1, 0.15) is 5.75 Å². The van der Waals surface area contributed by atoms with E-state index < -0.39 is 20.9 Å². The number of amides is 1. The maximum absolute atomic E-state index is 12.4. The van der Waals surface area contributed by atoms with Crippen LogP contribution in [0.15, 0.2) is 18.2 Å². The number of hydrogen-bond acceptors (Lipinski definition) is 6. The lowest BCUT2D eigenvalue weighted by Gasteiger charge is -2.30. The Morgan fingerprint density at radius 1 is 1.42 bits per heavy atom. The second-order valence-corrected chi connectivity index (χ2v) is 7.61. The van der Waals surface area contributed by atoms with Crippen molar-refractivity contribution < 1.29 is 22.9 Å². The van der Waals surface area contributed by atoms with Crippen LogP contribution in [-0.2, 0) is 14.8 Å². The van der Waals surface area contributed by atoms with Gasteiger partial charge in [0, 0.05) is 25.2 Å². The largest absolute Gasteiger partial charge is 0.496 e. The van der Waals surface area contributed by atoms with Gasteiger partial charge in [-0.2, -0.15) is 0 Å². The van der Waals surface area contributed by atoms with Gasteiger partial charge in [0.05, 0.1) is 36.0 Å². The highest BCUT2D eigenvalue weighted by molar-refractivity contribution is 7.88. The number of benzene rings is 1. The molecular formula is C14H19N3O6S. The summed E-state index contributed by atoms with van der Waals surface area (Å²) in [4.78, 5) is 22.7. The molecule has 0 saturated carbocycles. The van der Waals surface area contributed by atoms with Crippen LogP contribution in [0.2, 0.25) is 0 Å². The summed E-state index contributed by atoms with van der Waals surface area (Å²) in [5, 5.41) is 13.5. The van der Waals surface area contributed by atoms with Gasteiger partial charge in [0.25, 0.3) is 5.69 Å². The fourth-order valence-corrected chi connectivity index (χ4v) is 3.49. The third-order valence-electron chi connectivity index (χ3n) is 3.83. The highest BCUT2D eigenvalue weighted by Gasteiger charge is 2.30. The van der Waals surface area contributed by atoms with Crippen molar-refractivity contribution in [2.24, 2.45) is 5.92 Å². The van der Waals surface area contributed by atoms with Crippen LogP contribution in [0.25, 0.3) is 0 Å². The fourth-order valence-electron chi connectivity index (χ4n) is 2.58. The van der Waals surface area contributed by atoms with Crippen LogP contribution in [0.4, 0.5) is 11.4 Å². The SMILES string of the molecule is COc1cc(NC(=O)[C@@H]2CCCN(S(C)(=O)=O)C2)cc([N+](=O)[O-])c1. The zero-order chi connectivity index (χ0) is 17.9. The molecule has 1 amide bonds. The Hall–Kier alpha value is -2.20. The number of hydrogen-bond donors (Lipinski definition) is 1. The Kier molecular flexibility index (Phi) is 5.40. The first-order valence-electron chi connectivity index (χ1n) is 7.30. The Labute approximate surface area is 139 Å². The van der Waals surface area contributed by atoms with E-state index >= 15 is 0 Å². The zero-order valence-corrected chi connectivity index (χ0v) is 14.2. The Morgan fingerprint density at radius 3 is 2.71 bits per heavy atom. The zero-order valence-electron chi connectivity index (χ0n) is 13.4. The summed E-state index contributed by atoms with van der Waals surface area (Å²) in [6, 6.07) is 3.96. The highest BCUT2D eigenvalue weighted by Crippen LogP contribution is 2.27. The van der Waals surface area contributed by atoms with Crippen LogP contribution >= 0.6 is 0 Å². The second kappa shape index (κ2) is 7.14. The van der Waals surface area contributed by atoms with Gasteiger partial charge >= 0.3 is 0 Å². The minimum atomic E-state index is -3.35. The molecule has 0 radical (unpaired) electrons. The first-order valence-corrected chi connectivity index (χ1v) is 9.15. The van der Waals surface area contributed by atoms with Crippen LogP contribution in [0, 0.1) is 16.0 Å². The maximum atomic E-state index is 12.4. The molecular weight excluding hydrogens is 338 g/mol. The van der Waals surface area contributed by atoms with Gasteiger partial charge in [-0.3, -0.25) is 14.9 Å². The molecule has 1 fully saturated rings. The molecule has 0 aliphatic carbocycles.